The summed E-state index contributed by atoms with van der Waals surface area (Å²) in [5.74, 6) is 1.21. The number of thiazole rings is 1. The molecule has 0 radical (unpaired) electrons. The van der Waals surface area contributed by atoms with E-state index in [1.165, 1.54) is 30.0 Å². The number of hydrogen-bond donors (Lipinski definition) is 1. The molecular weight excluding hydrogens is 244 g/mol. The Hall–Kier alpha value is -0.450. The number of aryl methyl sites for hydroxylation is 1. The first-order chi connectivity index (χ1) is 8.88. The summed E-state index contributed by atoms with van der Waals surface area (Å²) in [7, 11) is 0. The number of likely N-dealkylation sites (N-methyl/N-ethyl adjacent to an activating group) is 1. The molecule has 1 aliphatic heterocycles. The van der Waals surface area contributed by atoms with Crippen LogP contribution in [0, 0.1) is 0 Å². The Bertz CT molecular complexity index is 398. The molecule has 2 aliphatic rings. The van der Waals surface area contributed by atoms with Gasteiger partial charge in [0.25, 0.3) is 0 Å². The van der Waals surface area contributed by atoms with Gasteiger partial charge in [0, 0.05) is 29.9 Å². The number of fused-ring (bicyclic) bond motifs is 1. The standard InChI is InChI=1S/C14H22N2OS/c1-2-15-8-10-4-3-5-12-13(10)16-14(18-12)11-6-7-17-9-11/h10-11,15H,2-9H2,1H3. The van der Waals surface area contributed by atoms with Crippen LogP contribution in [0.4, 0.5) is 0 Å². The van der Waals surface area contributed by atoms with Crippen molar-refractivity contribution in [3.8, 4) is 0 Å². The van der Waals surface area contributed by atoms with Crippen LogP contribution in [0.3, 0.4) is 0 Å². The van der Waals surface area contributed by atoms with Gasteiger partial charge in [0.2, 0.25) is 0 Å². The zero-order chi connectivity index (χ0) is 12.4. The Morgan fingerprint density at radius 1 is 1.44 bits per heavy atom. The second kappa shape index (κ2) is 5.68. The van der Waals surface area contributed by atoms with Gasteiger partial charge in [-0.1, -0.05) is 6.92 Å². The molecule has 2 heterocycles. The largest absolute Gasteiger partial charge is 0.381 e. The van der Waals surface area contributed by atoms with Crippen LogP contribution in [-0.4, -0.2) is 31.3 Å². The molecule has 100 valence electrons. The third-order valence-electron chi connectivity index (χ3n) is 4.01. The second-order valence-corrected chi connectivity index (χ2v) is 6.43. The van der Waals surface area contributed by atoms with Crippen LogP contribution < -0.4 is 5.32 Å². The Morgan fingerprint density at radius 2 is 2.39 bits per heavy atom. The van der Waals surface area contributed by atoms with Crippen molar-refractivity contribution >= 4 is 11.3 Å². The molecule has 1 fully saturated rings. The van der Waals surface area contributed by atoms with Crippen molar-refractivity contribution in [2.45, 2.75) is 44.4 Å². The minimum absolute atomic E-state index is 0.570. The first-order valence-corrected chi connectivity index (χ1v) is 7.98. The van der Waals surface area contributed by atoms with E-state index in [0.717, 1.165) is 32.7 Å². The summed E-state index contributed by atoms with van der Waals surface area (Å²) in [6.07, 6.45) is 5.02. The molecule has 18 heavy (non-hydrogen) atoms. The first-order valence-electron chi connectivity index (χ1n) is 7.16. The molecule has 0 saturated carbocycles. The molecule has 3 rings (SSSR count). The summed E-state index contributed by atoms with van der Waals surface area (Å²) >= 11 is 1.95. The maximum Gasteiger partial charge on any atom is 0.0986 e. The average molecular weight is 266 g/mol. The van der Waals surface area contributed by atoms with Crippen LogP contribution in [-0.2, 0) is 11.2 Å². The molecule has 1 aliphatic carbocycles. The molecule has 2 atom stereocenters. The summed E-state index contributed by atoms with van der Waals surface area (Å²) in [5, 5.41) is 4.81. The van der Waals surface area contributed by atoms with Crippen molar-refractivity contribution in [3.05, 3.63) is 15.6 Å². The summed E-state index contributed by atoms with van der Waals surface area (Å²) < 4.78 is 5.49. The molecule has 0 spiro atoms. The summed E-state index contributed by atoms with van der Waals surface area (Å²) in [6, 6.07) is 0. The Balaban J connectivity index is 1.78. The fraction of sp³-hybridized carbons (Fsp3) is 0.786. The highest BCUT2D eigenvalue weighted by Gasteiger charge is 2.28. The number of rotatable bonds is 4. The van der Waals surface area contributed by atoms with Gasteiger partial charge in [-0.15, -0.1) is 11.3 Å². The lowest BCUT2D eigenvalue weighted by Crippen LogP contribution is -2.24. The van der Waals surface area contributed by atoms with Crippen molar-refractivity contribution in [1.82, 2.24) is 10.3 Å². The molecule has 3 nitrogen and oxygen atoms in total. The monoisotopic (exact) mass is 266 g/mol. The van der Waals surface area contributed by atoms with Crippen molar-refractivity contribution in [1.29, 1.82) is 0 Å². The van der Waals surface area contributed by atoms with E-state index in [0.29, 0.717) is 11.8 Å². The van der Waals surface area contributed by atoms with Gasteiger partial charge in [-0.2, -0.15) is 0 Å². The molecule has 1 aromatic heterocycles. The smallest absolute Gasteiger partial charge is 0.0986 e. The van der Waals surface area contributed by atoms with Crippen molar-refractivity contribution in [2.75, 3.05) is 26.3 Å². The fourth-order valence-electron chi connectivity index (χ4n) is 2.95. The predicted molar refractivity (Wildman–Crippen MR) is 74.5 cm³/mol. The molecule has 0 amide bonds. The van der Waals surface area contributed by atoms with E-state index in [9.17, 15) is 0 Å². The normalized spacial score (nSPS) is 27.4. The van der Waals surface area contributed by atoms with E-state index in [1.807, 2.05) is 11.3 Å². The van der Waals surface area contributed by atoms with Crippen LogP contribution >= 0.6 is 11.3 Å². The molecule has 2 unspecified atom stereocenters. The highest BCUT2D eigenvalue weighted by molar-refractivity contribution is 7.11. The Morgan fingerprint density at radius 3 is 3.17 bits per heavy atom. The molecule has 1 N–H and O–H groups in total. The van der Waals surface area contributed by atoms with Crippen LogP contribution in [0.2, 0.25) is 0 Å². The maximum atomic E-state index is 5.49. The van der Waals surface area contributed by atoms with Crippen LogP contribution in [0.5, 0.6) is 0 Å². The SMILES string of the molecule is CCNCC1CCCc2sc(C3CCOC3)nc21. The lowest BCUT2D eigenvalue weighted by Gasteiger charge is -2.21. The van der Waals surface area contributed by atoms with Gasteiger partial charge in [0.05, 0.1) is 17.3 Å². The number of hydrogen-bond acceptors (Lipinski definition) is 4. The highest BCUT2D eigenvalue weighted by Crippen LogP contribution is 2.38. The van der Waals surface area contributed by atoms with E-state index in [-0.39, 0.29) is 0 Å². The maximum absolute atomic E-state index is 5.49. The highest BCUT2D eigenvalue weighted by atomic mass is 32.1. The molecule has 0 aromatic carbocycles. The number of aromatic nitrogens is 1. The minimum atomic E-state index is 0.570. The number of nitrogens with one attached hydrogen (secondary N) is 1. The topological polar surface area (TPSA) is 34.1 Å². The van der Waals surface area contributed by atoms with Gasteiger partial charge in [0.15, 0.2) is 0 Å². The van der Waals surface area contributed by atoms with Gasteiger partial charge in [-0.25, -0.2) is 4.98 Å². The number of ether oxygens (including phenoxy) is 1. The van der Waals surface area contributed by atoms with Gasteiger partial charge in [-0.3, -0.25) is 0 Å². The van der Waals surface area contributed by atoms with Crippen LogP contribution in [0.1, 0.15) is 53.6 Å². The zero-order valence-electron chi connectivity index (χ0n) is 11.1. The third kappa shape index (κ3) is 2.46. The molecule has 1 saturated heterocycles. The van der Waals surface area contributed by atoms with Crippen LogP contribution in [0.15, 0.2) is 0 Å². The quantitative estimate of drug-likeness (QED) is 0.910. The van der Waals surface area contributed by atoms with E-state index >= 15 is 0 Å². The number of nitrogens with zero attached hydrogens (tertiary/aromatic N) is 1. The summed E-state index contributed by atoms with van der Waals surface area (Å²) in [4.78, 5) is 6.51. The Kier molecular flexibility index (Phi) is 3.97. The van der Waals surface area contributed by atoms with E-state index < -0.39 is 0 Å². The minimum Gasteiger partial charge on any atom is -0.381 e. The van der Waals surface area contributed by atoms with Gasteiger partial charge in [-0.05, 0) is 32.2 Å². The van der Waals surface area contributed by atoms with Gasteiger partial charge >= 0.3 is 0 Å². The fourth-order valence-corrected chi connectivity index (χ4v) is 4.26. The van der Waals surface area contributed by atoms with Crippen molar-refractivity contribution < 1.29 is 4.74 Å². The summed E-state index contributed by atoms with van der Waals surface area (Å²) in [5.41, 5.74) is 1.40. The van der Waals surface area contributed by atoms with Gasteiger partial charge < -0.3 is 10.1 Å². The van der Waals surface area contributed by atoms with Crippen molar-refractivity contribution in [2.24, 2.45) is 0 Å². The zero-order valence-corrected chi connectivity index (χ0v) is 11.9. The van der Waals surface area contributed by atoms with E-state index in [2.05, 4.69) is 12.2 Å². The van der Waals surface area contributed by atoms with Crippen LogP contribution in [0.25, 0.3) is 0 Å². The van der Waals surface area contributed by atoms with E-state index in [4.69, 9.17) is 9.72 Å². The third-order valence-corrected chi connectivity index (χ3v) is 5.30. The molecular formula is C14H22N2OS. The molecule has 4 heteroatoms. The lowest BCUT2D eigenvalue weighted by atomic mass is 9.91. The lowest BCUT2D eigenvalue weighted by molar-refractivity contribution is 0.194. The average Bonchev–Trinajstić information content (AvgIpc) is 3.03. The van der Waals surface area contributed by atoms with Gasteiger partial charge in [0.1, 0.15) is 0 Å². The molecule has 0 bridgehead atoms. The predicted octanol–water partition coefficient (Wildman–Crippen LogP) is 2.68. The first kappa shape index (κ1) is 12.6. The second-order valence-electron chi connectivity index (χ2n) is 5.32. The summed E-state index contributed by atoms with van der Waals surface area (Å²) in [6.45, 7) is 6.11. The molecule has 1 aromatic rings. The van der Waals surface area contributed by atoms with Crippen molar-refractivity contribution in [3.63, 3.8) is 0 Å². The van der Waals surface area contributed by atoms with E-state index in [1.54, 1.807) is 4.88 Å². The Labute approximate surface area is 113 Å².